The molecule has 88 valence electrons. The molecule has 1 amide bonds. The Bertz CT molecular complexity index is 508. The summed E-state index contributed by atoms with van der Waals surface area (Å²) in [6, 6.07) is 7.37. The molecule has 0 unspecified atom stereocenters. The van der Waals surface area contributed by atoms with Crippen LogP contribution in [0.4, 0.5) is 5.69 Å². The van der Waals surface area contributed by atoms with Crippen LogP contribution in [0.15, 0.2) is 29.4 Å². The zero-order valence-corrected chi connectivity index (χ0v) is 9.38. The molecule has 0 saturated carbocycles. The van der Waals surface area contributed by atoms with Gasteiger partial charge in [0, 0.05) is 0 Å². The van der Waals surface area contributed by atoms with Crippen LogP contribution in [-0.4, -0.2) is 22.7 Å². The van der Waals surface area contributed by atoms with E-state index in [0.29, 0.717) is 11.4 Å². The number of aryl methyl sites for hydroxylation is 1. The highest BCUT2D eigenvalue weighted by molar-refractivity contribution is 6.16. The van der Waals surface area contributed by atoms with Crippen molar-refractivity contribution in [1.29, 1.82) is 0 Å². The zero-order chi connectivity index (χ0) is 12.4. The first kappa shape index (κ1) is 11.3. The molecule has 1 heterocycles. The predicted molar refractivity (Wildman–Crippen MR) is 63.0 cm³/mol. The molecule has 1 aromatic carbocycles. The van der Waals surface area contributed by atoms with E-state index in [-0.39, 0.29) is 18.7 Å². The number of nitrogens with zero attached hydrogens (tertiary/aromatic N) is 2. The molecule has 1 N–H and O–H groups in total. The van der Waals surface area contributed by atoms with E-state index in [1.54, 1.807) is 6.07 Å². The van der Waals surface area contributed by atoms with Crippen molar-refractivity contribution in [3.8, 4) is 0 Å². The maximum Gasteiger partial charge on any atom is 0.309 e. The lowest BCUT2D eigenvalue weighted by Crippen LogP contribution is -2.20. The highest BCUT2D eigenvalue weighted by Crippen LogP contribution is 2.24. The summed E-state index contributed by atoms with van der Waals surface area (Å²) in [5.41, 5.74) is 2.03. The summed E-state index contributed by atoms with van der Waals surface area (Å²) >= 11 is 0. The van der Waals surface area contributed by atoms with Gasteiger partial charge in [0.25, 0.3) is 5.91 Å². The summed E-state index contributed by atoms with van der Waals surface area (Å²) in [4.78, 5) is 22.3. The summed E-state index contributed by atoms with van der Waals surface area (Å²) in [6.45, 7) is 1.88. The molecule has 0 spiro atoms. The highest BCUT2D eigenvalue weighted by Gasteiger charge is 2.26. The van der Waals surface area contributed by atoms with E-state index in [0.717, 1.165) is 5.56 Å². The van der Waals surface area contributed by atoms with Crippen LogP contribution >= 0.6 is 0 Å². The number of carboxylic acid groups (broad SMARTS) is 1. The molecule has 17 heavy (non-hydrogen) atoms. The Balaban J connectivity index is 2.28. The van der Waals surface area contributed by atoms with Crippen molar-refractivity contribution in [1.82, 2.24) is 0 Å². The summed E-state index contributed by atoms with van der Waals surface area (Å²) in [5.74, 6) is -1.15. The maximum atomic E-state index is 11.7. The molecule has 2 rings (SSSR count). The van der Waals surface area contributed by atoms with Gasteiger partial charge in [-0.2, -0.15) is 5.10 Å². The van der Waals surface area contributed by atoms with Crippen LogP contribution in [0.3, 0.4) is 0 Å². The Morgan fingerprint density at radius 2 is 2.18 bits per heavy atom. The minimum atomic E-state index is -0.969. The molecular weight excluding hydrogens is 220 g/mol. The van der Waals surface area contributed by atoms with E-state index in [9.17, 15) is 9.59 Å². The van der Waals surface area contributed by atoms with Gasteiger partial charge in [0.05, 0.1) is 24.2 Å². The molecule has 0 aromatic heterocycles. The normalized spacial score (nSPS) is 15.0. The molecule has 0 saturated heterocycles. The minimum absolute atomic E-state index is 0.0840. The van der Waals surface area contributed by atoms with E-state index in [1.807, 2.05) is 25.1 Å². The molecule has 1 aliphatic rings. The average Bonchev–Trinajstić information content (AvgIpc) is 2.59. The third-order valence-corrected chi connectivity index (χ3v) is 2.53. The Morgan fingerprint density at radius 3 is 2.82 bits per heavy atom. The SMILES string of the molecule is Cc1ccccc1N1N=C(CC(=O)O)CC1=O. The molecule has 0 radical (unpaired) electrons. The minimum Gasteiger partial charge on any atom is -0.481 e. The number of amides is 1. The highest BCUT2D eigenvalue weighted by atomic mass is 16.4. The van der Waals surface area contributed by atoms with Crippen LogP contribution in [0.1, 0.15) is 18.4 Å². The number of hydrogen-bond acceptors (Lipinski definition) is 3. The van der Waals surface area contributed by atoms with Crippen molar-refractivity contribution in [2.45, 2.75) is 19.8 Å². The standard InChI is InChI=1S/C12H12N2O3/c1-8-4-2-3-5-10(8)14-11(15)6-9(13-14)7-12(16)17/h2-5H,6-7H2,1H3,(H,16,17). The fourth-order valence-corrected chi connectivity index (χ4v) is 1.74. The van der Waals surface area contributed by atoms with Gasteiger partial charge in [-0.3, -0.25) is 9.59 Å². The quantitative estimate of drug-likeness (QED) is 0.859. The van der Waals surface area contributed by atoms with Gasteiger partial charge < -0.3 is 5.11 Å². The maximum absolute atomic E-state index is 11.7. The number of aliphatic carboxylic acids is 1. The van der Waals surface area contributed by atoms with Crippen molar-refractivity contribution in [2.24, 2.45) is 5.10 Å². The number of anilines is 1. The van der Waals surface area contributed by atoms with Gasteiger partial charge in [0.1, 0.15) is 0 Å². The Morgan fingerprint density at radius 1 is 1.47 bits per heavy atom. The summed E-state index contributed by atoms with van der Waals surface area (Å²) in [7, 11) is 0. The van der Waals surface area contributed by atoms with Crippen molar-refractivity contribution < 1.29 is 14.7 Å². The second-order valence-corrected chi connectivity index (χ2v) is 3.91. The third kappa shape index (κ3) is 2.33. The predicted octanol–water partition coefficient (Wildman–Crippen LogP) is 1.56. The summed E-state index contributed by atoms with van der Waals surface area (Å²) in [5, 5.41) is 14.0. The largest absolute Gasteiger partial charge is 0.481 e. The zero-order valence-electron chi connectivity index (χ0n) is 9.38. The number of benzene rings is 1. The lowest BCUT2D eigenvalue weighted by atomic mass is 10.2. The summed E-state index contributed by atoms with van der Waals surface area (Å²) in [6.07, 6.45) is -0.102. The third-order valence-electron chi connectivity index (χ3n) is 2.53. The number of hydrogen-bond donors (Lipinski definition) is 1. The molecule has 0 atom stereocenters. The summed E-state index contributed by atoms with van der Waals surface area (Å²) < 4.78 is 0. The van der Waals surface area contributed by atoms with Gasteiger partial charge in [-0.1, -0.05) is 18.2 Å². The van der Waals surface area contributed by atoms with Crippen LogP contribution in [0.2, 0.25) is 0 Å². The lowest BCUT2D eigenvalue weighted by Gasteiger charge is -2.13. The Hall–Kier alpha value is -2.17. The van der Waals surface area contributed by atoms with E-state index >= 15 is 0 Å². The Kier molecular flexibility index (Phi) is 2.91. The molecule has 0 bridgehead atoms. The molecule has 1 aliphatic heterocycles. The van der Waals surface area contributed by atoms with E-state index in [2.05, 4.69) is 5.10 Å². The second-order valence-electron chi connectivity index (χ2n) is 3.91. The first-order valence-electron chi connectivity index (χ1n) is 5.24. The van der Waals surface area contributed by atoms with Gasteiger partial charge >= 0.3 is 5.97 Å². The number of para-hydroxylation sites is 1. The van der Waals surface area contributed by atoms with Crippen LogP contribution in [0.5, 0.6) is 0 Å². The number of hydrazone groups is 1. The smallest absolute Gasteiger partial charge is 0.309 e. The molecule has 5 nitrogen and oxygen atoms in total. The molecule has 0 fully saturated rings. The number of carboxylic acids is 1. The monoisotopic (exact) mass is 232 g/mol. The van der Waals surface area contributed by atoms with Crippen LogP contribution < -0.4 is 5.01 Å². The second kappa shape index (κ2) is 4.37. The fourth-order valence-electron chi connectivity index (χ4n) is 1.74. The average molecular weight is 232 g/mol. The van der Waals surface area contributed by atoms with Gasteiger partial charge in [-0.05, 0) is 18.6 Å². The van der Waals surface area contributed by atoms with Crippen LogP contribution in [0, 0.1) is 6.92 Å². The fraction of sp³-hybridized carbons (Fsp3) is 0.250. The lowest BCUT2D eigenvalue weighted by molar-refractivity contribution is -0.135. The van der Waals surface area contributed by atoms with Gasteiger partial charge in [0.2, 0.25) is 0 Å². The van der Waals surface area contributed by atoms with E-state index < -0.39 is 5.97 Å². The number of carbonyl (C=O) groups is 2. The van der Waals surface area contributed by atoms with E-state index in [1.165, 1.54) is 5.01 Å². The van der Waals surface area contributed by atoms with Crippen molar-refractivity contribution in [2.75, 3.05) is 5.01 Å². The first-order valence-corrected chi connectivity index (χ1v) is 5.24. The van der Waals surface area contributed by atoms with Gasteiger partial charge in [-0.25, -0.2) is 5.01 Å². The van der Waals surface area contributed by atoms with Gasteiger partial charge in [0.15, 0.2) is 0 Å². The van der Waals surface area contributed by atoms with E-state index in [4.69, 9.17) is 5.11 Å². The molecule has 5 heteroatoms. The van der Waals surface area contributed by atoms with Crippen LogP contribution in [0.25, 0.3) is 0 Å². The molecule has 1 aromatic rings. The van der Waals surface area contributed by atoms with Crippen molar-refractivity contribution in [3.63, 3.8) is 0 Å². The number of rotatable bonds is 3. The van der Waals surface area contributed by atoms with Crippen molar-refractivity contribution in [3.05, 3.63) is 29.8 Å². The van der Waals surface area contributed by atoms with Gasteiger partial charge in [-0.15, -0.1) is 0 Å². The first-order chi connectivity index (χ1) is 8.08. The Labute approximate surface area is 98.4 Å². The molecular formula is C12H12N2O3. The molecule has 0 aliphatic carbocycles. The van der Waals surface area contributed by atoms with Crippen LogP contribution in [-0.2, 0) is 9.59 Å². The topological polar surface area (TPSA) is 70.0 Å². The number of carbonyl (C=O) groups excluding carboxylic acids is 1. The van der Waals surface area contributed by atoms with Crippen molar-refractivity contribution >= 4 is 23.3 Å².